The first-order chi connectivity index (χ1) is 13.3. The zero-order chi connectivity index (χ0) is 18.9. The van der Waals surface area contributed by atoms with E-state index in [1.54, 1.807) is 29.7 Å². The lowest BCUT2D eigenvalue weighted by molar-refractivity contribution is 0.102. The number of nitrogens with zero attached hydrogens (tertiary/aromatic N) is 2. The van der Waals surface area contributed by atoms with Gasteiger partial charge in [-0.05, 0) is 48.5 Å². The van der Waals surface area contributed by atoms with Crippen molar-refractivity contribution in [2.45, 2.75) is 21.2 Å². The van der Waals surface area contributed by atoms with Crippen molar-refractivity contribution in [1.82, 2.24) is 4.98 Å². The monoisotopic (exact) mass is 391 g/mol. The van der Waals surface area contributed by atoms with Gasteiger partial charge in [-0.15, -0.1) is 11.8 Å². The lowest BCUT2D eigenvalue weighted by atomic mass is 10.2. The molecule has 0 fully saturated rings. The predicted octanol–water partition coefficient (Wildman–Crippen LogP) is 5.49. The summed E-state index contributed by atoms with van der Waals surface area (Å²) in [6.07, 6.45) is 2.23. The number of pyridine rings is 1. The van der Waals surface area contributed by atoms with Crippen molar-refractivity contribution >= 4 is 35.1 Å². The van der Waals surface area contributed by atoms with E-state index in [1.165, 1.54) is 0 Å². The molecular weight excluding hydrogens is 374 g/mol. The maximum absolute atomic E-state index is 12.6. The van der Waals surface area contributed by atoms with Gasteiger partial charge in [0, 0.05) is 33.7 Å². The highest BCUT2D eigenvalue weighted by atomic mass is 32.2. The number of para-hydroxylation sites is 1. The molecule has 0 saturated carbocycles. The van der Waals surface area contributed by atoms with Gasteiger partial charge in [-0.25, -0.2) is 4.98 Å². The third-order valence-corrected chi connectivity index (χ3v) is 5.62. The van der Waals surface area contributed by atoms with Gasteiger partial charge in [-0.1, -0.05) is 30.0 Å². The summed E-state index contributed by atoms with van der Waals surface area (Å²) in [5.41, 5.74) is 1.36. The average molecular weight is 392 g/mol. The fourth-order valence-corrected chi connectivity index (χ4v) is 3.94. The van der Waals surface area contributed by atoms with Crippen LogP contribution in [0.4, 0.5) is 5.69 Å². The van der Waals surface area contributed by atoms with Gasteiger partial charge in [0.1, 0.15) is 5.03 Å². The van der Waals surface area contributed by atoms with Crippen molar-refractivity contribution in [3.05, 3.63) is 78.5 Å². The van der Waals surface area contributed by atoms with Crippen LogP contribution in [0.15, 0.2) is 87.7 Å². The first kappa shape index (κ1) is 19.0. The van der Waals surface area contributed by atoms with Crippen molar-refractivity contribution in [2.75, 3.05) is 11.1 Å². The van der Waals surface area contributed by atoms with Crippen LogP contribution in [-0.2, 0) is 0 Å². The minimum atomic E-state index is -0.155. The fourth-order valence-electron chi connectivity index (χ4n) is 2.30. The molecule has 0 bridgehead atoms. The molecule has 3 aromatic rings. The molecule has 6 heteroatoms. The molecule has 1 heterocycles. The Hall–Kier alpha value is -2.75. The van der Waals surface area contributed by atoms with E-state index in [1.807, 2.05) is 66.7 Å². The van der Waals surface area contributed by atoms with Crippen molar-refractivity contribution in [2.24, 2.45) is 0 Å². The van der Waals surface area contributed by atoms with E-state index in [0.29, 0.717) is 17.7 Å². The first-order valence-corrected chi connectivity index (χ1v) is 10.2. The second-order valence-electron chi connectivity index (χ2n) is 5.50. The van der Waals surface area contributed by atoms with E-state index in [0.717, 1.165) is 20.5 Å². The minimum Gasteiger partial charge on any atom is -0.321 e. The molecule has 0 aliphatic rings. The van der Waals surface area contributed by atoms with Crippen molar-refractivity contribution < 1.29 is 4.79 Å². The van der Waals surface area contributed by atoms with E-state index in [9.17, 15) is 4.79 Å². The Labute approximate surface area is 167 Å². The van der Waals surface area contributed by atoms with Gasteiger partial charge < -0.3 is 5.32 Å². The van der Waals surface area contributed by atoms with Gasteiger partial charge in [0.15, 0.2) is 0 Å². The molecule has 0 atom stereocenters. The number of anilines is 1. The van der Waals surface area contributed by atoms with E-state index in [4.69, 9.17) is 5.26 Å². The molecule has 0 aliphatic heterocycles. The average Bonchev–Trinajstić information content (AvgIpc) is 2.71. The van der Waals surface area contributed by atoms with E-state index in [2.05, 4.69) is 16.4 Å². The SMILES string of the molecule is N#CCCSc1ccccc1NC(=O)c1ccc(Sc2ccccn2)cc1. The number of carbonyl (C=O) groups excluding carboxylic acids is 1. The van der Waals surface area contributed by atoms with Crippen LogP contribution in [0.3, 0.4) is 0 Å². The second kappa shape index (κ2) is 9.81. The molecule has 2 aromatic carbocycles. The summed E-state index contributed by atoms with van der Waals surface area (Å²) in [6, 6.07) is 23.0. The summed E-state index contributed by atoms with van der Waals surface area (Å²) in [5, 5.41) is 12.6. The summed E-state index contributed by atoms with van der Waals surface area (Å²) in [4.78, 5) is 18.9. The molecule has 4 nitrogen and oxygen atoms in total. The highest BCUT2D eigenvalue weighted by molar-refractivity contribution is 7.99. The second-order valence-corrected chi connectivity index (χ2v) is 7.73. The molecule has 0 spiro atoms. The Morgan fingerprint density at radius 1 is 1.04 bits per heavy atom. The molecule has 0 unspecified atom stereocenters. The number of carbonyl (C=O) groups is 1. The zero-order valence-electron chi connectivity index (χ0n) is 14.5. The molecule has 134 valence electrons. The number of hydrogen-bond donors (Lipinski definition) is 1. The molecule has 0 aliphatic carbocycles. The predicted molar refractivity (Wildman–Crippen MR) is 110 cm³/mol. The number of benzene rings is 2. The Bertz CT molecular complexity index is 938. The molecule has 0 radical (unpaired) electrons. The summed E-state index contributed by atoms with van der Waals surface area (Å²) in [7, 11) is 0. The van der Waals surface area contributed by atoms with Crippen LogP contribution < -0.4 is 5.32 Å². The molecule has 1 N–H and O–H groups in total. The lowest BCUT2D eigenvalue weighted by Crippen LogP contribution is -2.12. The van der Waals surface area contributed by atoms with Crippen LogP contribution in [0, 0.1) is 11.3 Å². The molecular formula is C21H17N3OS2. The lowest BCUT2D eigenvalue weighted by Gasteiger charge is -2.10. The summed E-state index contributed by atoms with van der Waals surface area (Å²) >= 11 is 3.12. The van der Waals surface area contributed by atoms with E-state index < -0.39 is 0 Å². The minimum absolute atomic E-state index is 0.155. The largest absolute Gasteiger partial charge is 0.321 e. The number of thioether (sulfide) groups is 1. The topological polar surface area (TPSA) is 65.8 Å². The van der Waals surface area contributed by atoms with Crippen molar-refractivity contribution in [3.63, 3.8) is 0 Å². The molecule has 0 saturated heterocycles. The quantitative estimate of drug-likeness (QED) is 0.426. The van der Waals surface area contributed by atoms with Gasteiger partial charge in [-0.2, -0.15) is 5.26 Å². The smallest absolute Gasteiger partial charge is 0.255 e. The summed E-state index contributed by atoms with van der Waals surface area (Å²) in [5.74, 6) is 0.542. The van der Waals surface area contributed by atoms with Crippen LogP contribution in [-0.4, -0.2) is 16.6 Å². The third kappa shape index (κ3) is 5.61. The van der Waals surface area contributed by atoms with Crippen LogP contribution >= 0.6 is 23.5 Å². The number of rotatable bonds is 7. The number of nitriles is 1. The Balaban J connectivity index is 1.65. The number of nitrogens with one attached hydrogen (secondary N) is 1. The highest BCUT2D eigenvalue weighted by Gasteiger charge is 2.10. The number of amides is 1. The van der Waals surface area contributed by atoms with Crippen molar-refractivity contribution in [3.8, 4) is 6.07 Å². The summed E-state index contributed by atoms with van der Waals surface area (Å²) in [6.45, 7) is 0. The van der Waals surface area contributed by atoms with Crippen LogP contribution in [0.2, 0.25) is 0 Å². The fraction of sp³-hybridized carbons (Fsp3) is 0.0952. The standard InChI is InChI=1S/C21H17N3OS2/c22-13-5-15-26-19-7-2-1-6-18(19)24-21(25)16-9-11-17(12-10-16)27-20-8-3-4-14-23-20/h1-4,6-12,14H,5,15H2,(H,24,25). The summed E-state index contributed by atoms with van der Waals surface area (Å²) < 4.78 is 0. The van der Waals surface area contributed by atoms with Crippen LogP contribution in [0.5, 0.6) is 0 Å². The van der Waals surface area contributed by atoms with Crippen LogP contribution in [0.25, 0.3) is 0 Å². The Morgan fingerprint density at radius 3 is 2.56 bits per heavy atom. The Morgan fingerprint density at radius 2 is 1.81 bits per heavy atom. The number of aromatic nitrogens is 1. The molecule has 1 aromatic heterocycles. The van der Waals surface area contributed by atoms with E-state index >= 15 is 0 Å². The van der Waals surface area contributed by atoms with Crippen molar-refractivity contribution in [1.29, 1.82) is 5.26 Å². The third-order valence-electron chi connectivity index (χ3n) is 3.58. The zero-order valence-corrected chi connectivity index (χ0v) is 16.1. The highest BCUT2D eigenvalue weighted by Crippen LogP contribution is 2.29. The maximum Gasteiger partial charge on any atom is 0.255 e. The van der Waals surface area contributed by atoms with Crippen LogP contribution in [0.1, 0.15) is 16.8 Å². The van der Waals surface area contributed by atoms with Gasteiger partial charge in [0.2, 0.25) is 0 Å². The normalized spacial score (nSPS) is 10.2. The number of hydrogen-bond acceptors (Lipinski definition) is 5. The van der Waals surface area contributed by atoms with Gasteiger partial charge in [0.25, 0.3) is 5.91 Å². The first-order valence-electron chi connectivity index (χ1n) is 8.35. The van der Waals surface area contributed by atoms with Gasteiger partial charge >= 0.3 is 0 Å². The van der Waals surface area contributed by atoms with Gasteiger partial charge in [0.05, 0.1) is 11.8 Å². The molecule has 3 rings (SSSR count). The maximum atomic E-state index is 12.6. The molecule has 1 amide bonds. The van der Waals surface area contributed by atoms with E-state index in [-0.39, 0.29) is 5.91 Å². The van der Waals surface area contributed by atoms with Gasteiger partial charge in [-0.3, -0.25) is 4.79 Å². The Kier molecular flexibility index (Phi) is 6.91. The molecule has 27 heavy (non-hydrogen) atoms.